The van der Waals surface area contributed by atoms with Crippen LogP contribution in [0.25, 0.3) is 16.7 Å². The summed E-state index contributed by atoms with van der Waals surface area (Å²) in [6.45, 7) is 0. The largest absolute Gasteiger partial charge is 0.497 e. The predicted molar refractivity (Wildman–Crippen MR) is 81.8 cm³/mol. The minimum Gasteiger partial charge on any atom is -0.497 e. The van der Waals surface area contributed by atoms with E-state index in [1.807, 2.05) is 6.07 Å². The van der Waals surface area contributed by atoms with Gasteiger partial charge < -0.3 is 10.5 Å². The normalized spacial score (nSPS) is 10.5. The summed E-state index contributed by atoms with van der Waals surface area (Å²) in [5.41, 5.74) is 8.42. The number of nitrogens with zero attached hydrogens (tertiary/aromatic N) is 3. The average molecular weight is 299 g/mol. The highest BCUT2D eigenvalue weighted by Gasteiger charge is 2.15. The zero-order valence-corrected chi connectivity index (χ0v) is 11.9. The Labute approximate surface area is 126 Å². The monoisotopic (exact) mass is 298 g/mol. The number of nitriles is 1. The predicted octanol–water partition coefficient (Wildman–Crippen LogP) is 3.14. The van der Waals surface area contributed by atoms with Crippen LogP contribution < -0.4 is 10.5 Å². The van der Waals surface area contributed by atoms with Crippen molar-refractivity contribution < 1.29 is 4.74 Å². The topological polar surface area (TPSA) is 76.9 Å². The third-order valence-electron chi connectivity index (χ3n) is 3.23. The first kappa shape index (κ1) is 13.3. The summed E-state index contributed by atoms with van der Waals surface area (Å²) in [4.78, 5) is 4.28. The molecule has 0 aliphatic heterocycles. The van der Waals surface area contributed by atoms with Crippen LogP contribution in [0, 0.1) is 11.3 Å². The molecule has 0 unspecified atom stereocenters. The van der Waals surface area contributed by atoms with Crippen molar-refractivity contribution in [1.82, 2.24) is 9.55 Å². The first-order chi connectivity index (χ1) is 10.2. The quantitative estimate of drug-likeness (QED) is 0.788. The Bertz CT molecular complexity index is 879. The molecule has 0 saturated heterocycles. The van der Waals surface area contributed by atoms with Gasteiger partial charge in [-0.05, 0) is 24.3 Å². The first-order valence-corrected chi connectivity index (χ1v) is 6.54. The number of anilines is 1. The molecule has 0 amide bonds. The lowest BCUT2D eigenvalue weighted by atomic mass is 10.2. The number of nitrogens with two attached hydrogens (primary N) is 1. The number of hydrogen-bond acceptors (Lipinski definition) is 4. The molecular weight excluding hydrogens is 288 g/mol. The summed E-state index contributed by atoms with van der Waals surface area (Å²) in [5.74, 6) is 0.926. The number of imidazole rings is 1. The lowest BCUT2D eigenvalue weighted by Gasteiger charge is -2.10. The van der Waals surface area contributed by atoms with Gasteiger partial charge in [-0.2, -0.15) is 5.26 Å². The van der Waals surface area contributed by atoms with Gasteiger partial charge in [0.1, 0.15) is 17.3 Å². The smallest absolute Gasteiger partial charge is 0.206 e. The Balaban J connectivity index is 2.36. The van der Waals surface area contributed by atoms with E-state index in [0.29, 0.717) is 27.5 Å². The van der Waals surface area contributed by atoms with Crippen LogP contribution in [-0.4, -0.2) is 16.7 Å². The SMILES string of the molecule is COc1ccc(Cl)c(-n2c(N)nc3c(C#N)cccc32)c1. The number of rotatable bonds is 2. The third-order valence-corrected chi connectivity index (χ3v) is 3.55. The van der Waals surface area contributed by atoms with Crippen LogP contribution in [0.4, 0.5) is 5.95 Å². The van der Waals surface area contributed by atoms with Crippen molar-refractivity contribution in [2.75, 3.05) is 12.8 Å². The van der Waals surface area contributed by atoms with Gasteiger partial charge in [0.05, 0.1) is 28.9 Å². The van der Waals surface area contributed by atoms with Crippen LogP contribution in [0.5, 0.6) is 5.75 Å². The van der Waals surface area contributed by atoms with Crippen molar-refractivity contribution in [3.05, 3.63) is 47.0 Å². The van der Waals surface area contributed by atoms with Crippen LogP contribution in [0.1, 0.15) is 5.56 Å². The van der Waals surface area contributed by atoms with E-state index in [1.54, 1.807) is 42.0 Å². The molecule has 3 rings (SSSR count). The highest BCUT2D eigenvalue weighted by Crippen LogP contribution is 2.31. The standard InChI is InChI=1S/C15H11ClN4O/c1-21-10-5-6-11(16)13(7-10)20-12-4-2-3-9(8-17)14(12)19-15(20)18/h2-7H,1H3,(H2,18,19). The Hall–Kier alpha value is -2.71. The number of aromatic nitrogens is 2. The first-order valence-electron chi connectivity index (χ1n) is 6.16. The number of fused-ring (bicyclic) bond motifs is 1. The number of methoxy groups -OCH3 is 1. The number of halogens is 1. The number of ether oxygens (including phenoxy) is 1. The van der Waals surface area contributed by atoms with Crippen LogP contribution in [0.15, 0.2) is 36.4 Å². The van der Waals surface area contributed by atoms with Gasteiger partial charge in [0, 0.05) is 6.07 Å². The maximum absolute atomic E-state index is 9.16. The third kappa shape index (κ3) is 2.06. The summed E-state index contributed by atoms with van der Waals surface area (Å²) < 4.78 is 6.93. The van der Waals surface area contributed by atoms with E-state index < -0.39 is 0 Å². The Morgan fingerprint density at radius 1 is 1.33 bits per heavy atom. The lowest BCUT2D eigenvalue weighted by Crippen LogP contribution is -2.01. The minimum absolute atomic E-state index is 0.267. The number of nitrogen functional groups attached to an aromatic ring is 1. The molecule has 0 radical (unpaired) electrons. The van der Waals surface area contributed by atoms with Gasteiger partial charge >= 0.3 is 0 Å². The summed E-state index contributed by atoms with van der Waals surface area (Å²) in [6, 6.07) is 12.7. The molecule has 1 heterocycles. The highest BCUT2D eigenvalue weighted by atomic mass is 35.5. The van der Waals surface area contributed by atoms with E-state index in [2.05, 4.69) is 11.1 Å². The molecule has 21 heavy (non-hydrogen) atoms. The van der Waals surface area contributed by atoms with Crippen molar-refractivity contribution in [2.24, 2.45) is 0 Å². The van der Waals surface area contributed by atoms with Gasteiger partial charge in [-0.25, -0.2) is 4.98 Å². The number of hydrogen-bond donors (Lipinski definition) is 1. The van der Waals surface area contributed by atoms with Gasteiger partial charge in [-0.3, -0.25) is 4.57 Å². The van der Waals surface area contributed by atoms with E-state index in [1.165, 1.54) is 0 Å². The molecule has 2 aromatic carbocycles. The van der Waals surface area contributed by atoms with Gasteiger partial charge in [0.15, 0.2) is 0 Å². The summed E-state index contributed by atoms with van der Waals surface area (Å²) in [5, 5.41) is 9.67. The summed E-state index contributed by atoms with van der Waals surface area (Å²) in [7, 11) is 1.58. The maximum atomic E-state index is 9.16. The molecule has 0 aliphatic rings. The van der Waals surface area contributed by atoms with Gasteiger partial charge in [-0.1, -0.05) is 17.7 Å². The van der Waals surface area contributed by atoms with Gasteiger partial charge in [0.2, 0.25) is 5.95 Å². The molecule has 2 N–H and O–H groups in total. The van der Waals surface area contributed by atoms with Crippen molar-refractivity contribution in [3.8, 4) is 17.5 Å². The van der Waals surface area contributed by atoms with Crippen LogP contribution in [-0.2, 0) is 0 Å². The molecular formula is C15H11ClN4O. The lowest BCUT2D eigenvalue weighted by molar-refractivity contribution is 0.414. The second-order valence-corrected chi connectivity index (χ2v) is 4.82. The molecule has 0 spiro atoms. The molecule has 5 nitrogen and oxygen atoms in total. The van der Waals surface area contributed by atoms with E-state index in [-0.39, 0.29) is 5.95 Å². The molecule has 3 aromatic rings. The number of benzene rings is 2. The molecule has 104 valence electrons. The highest BCUT2D eigenvalue weighted by molar-refractivity contribution is 6.32. The second-order valence-electron chi connectivity index (χ2n) is 4.41. The van der Waals surface area contributed by atoms with E-state index >= 15 is 0 Å². The molecule has 6 heteroatoms. The van der Waals surface area contributed by atoms with Crippen molar-refractivity contribution in [3.63, 3.8) is 0 Å². The molecule has 0 atom stereocenters. The zero-order valence-electron chi connectivity index (χ0n) is 11.2. The van der Waals surface area contributed by atoms with Crippen LogP contribution >= 0.6 is 11.6 Å². The zero-order chi connectivity index (χ0) is 15.0. The van der Waals surface area contributed by atoms with E-state index in [0.717, 1.165) is 5.52 Å². The summed E-state index contributed by atoms with van der Waals surface area (Å²) in [6.07, 6.45) is 0. The fourth-order valence-electron chi connectivity index (χ4n) is 2.25. The Morgan fingerprint density at radius 3 is 2.86 bits per heavy atom. The molecule has 0 saturated carbocycles. The van der Waals surface area contributed by atoms with Gasteiger partial charge in [0.25, 0.3) is 0 Å². The van der Waals surface area contributed by atoms with Crippen molar-refractivity contribution in [1.29, 1.82) is 5.26 Å². The van der Waals surface area contributed by atoms with Crippen LogP contribution in [0.2, 0.25) is 5.02 Å². The Kier molecular flexibility index (Phi) is 3.16. The maximum Gasteiger partial charge on any atom is 0.206 e. The number of para-hydroxylation sites is 1. The summed E-state index contributed by atoms with van der Waals surface area (Å²) >= 11 is 6.27. The van der Waals surface area contributed by atoms with Crippen molar-refractivity contribution >= 4 is 28.6 Å². The average Bonchev–Trinajstić information content (AvgIpc) is 2.83. The van der Waals surface area contributed by atoms with E-state index in [4.69, 9.17) is 27.3 Å². The fourth-order valence-corrected chi connectivity index (χ4v) is 2.45. The van der Waals surface area contributed by atoms with Crippen molar-refractivity contribution in [2.45, 2.75) is 0 Å². The Morgan fingerprint density at radius 2 is 2.14 bits per heavy atom. The van der Waals surface area contributed by atoms with Crippen LogP contribution in [0.3, 0.4) is 0 Å². The molecule has 0 aliphatic carbocycles. The molecule has 0 fully saturated rings. The molecule has 1 aromatic heterocycles. The van der Waals surface area contributed by atoms with Gasteiger partial charge in [-0.15, -0.1) is 0 Å². The fraction of sp³-hybridized carbons (Fsp3) is 0.0667. The second kappa shape index (κ2) is 5.00. The van der Waals surface area contributed by atoms with E-state index in [9.17, 15) is 0 Å². The minimum atomic E-state index is 0.267. The molecule has 0 bridgehead atoms.